The molecular weight excluding hydrogens is 312 g/mol. The van der Waals surface area contributed by atoms with Crippen LogP contribution in [0, 0.1) is 0 Å². The van der Waals surface area contributed by atoms with E-state index in [9.17, 15) is 13.5 Å². The number of benzene rings is 1. The summed E-state index contributed by atoms with van der Waals surface area (Å²) in [6.45, 7) is 1.98. The number of β-amino-alcohol motifs (C(OH)–C–C–N with tert-alkyl or cyclic N) is 1. The molecule has 2 N–H and O–H groups in total. The first kappa shape index (κ1) is 16.7. The highest BCUT2D eigenvalue weighted by Crippen LogP contribution is 2.19. The predicted molar refractivity (Wildman–Crippen MR) is 83.9 cm³/mol. The van der Waals surface area contributed by atoms with Crippen molar-refractivity contribution in [2.75, 3.05) is 25.9 Å². The van der Waals surface area contributed by atoms with E-state index in [4.69, 9.17) is 11.6 Å². The van der Waals surface area contributed by atoms with Crippen molar-refractivity contribution in [2.45, 2.75) is 25.0 Å². The summed E-state index contributed by atoms with van der Waals surface area (Å²) in [6.07, 6.45) is 2.33. The lowest BCUT2D eigenvalue weighted by Gasteiger charge is -2.33. The Bertz CT molecular complexity index is 562. The second-order valence-corrected chi connectivity index (χ2v) is 7.77. The van der Waals surface area contributed by atoms with Crippen molar-refractivity contribution in [3.8, 4) is 0 Å². The standard InChI is InChI=1S/C14H21ClN2O3S/c1-21(19,20)16-13-3-2-8-17(9-13)10-14(18)11-4-6-12(15)7-5-11/h4-7,13-14,16,18H,2-3,8-10H2,1H3. The first-order valence-corrected chi connectivity index (χ1v) is 9.23. The Labute approximate surface area is 131 Å². The normalized spacial score (nSPS) is 22.1. The molecule has 1 aliphatic heterocycles. The number of nitrogens with zero attached hydrogens (tertiary/aromatic N) is 1. The van der Waals surface area contributed by atoms with Crippen LogP contribution in [0.3, 0.4) is 0 Å². The minimum absolute atomic E-state index is 0.0776. The lowest BCUT2D eigenvalue weighted by molar-refractivity contribution is 0.0943. The lowest BCUT2D eigenvalue weighted by atomic mass is 10.0. The fraction of sp³-hybridized carbons (Fsp3) is 0.571. The maximum absolute atomic E-state index is 11.3. The van der Waals surface area contributed by atoms with Crippen LogP contribution in [0.2, 0.25) is 5.02 Å². The molecule has 0 amide bonds. The summed E-state index contributed by atoms with van der Waals surface area (Å²) in [5, 5.41) is 10.9. The van der Waals surface area contributed by atoms with Gasteiger partial charge in [0.05, 0.1) is 12.4 Å². The van der Waals surface area contributed by atoms with Crippen LogP contribution >= 0.6 is 11.6 Å². The maximum Gasteiger partial charge on any atom is 0.208 e. The van der Waals surface area contributed by atoms with E-state index < -0.39 is 16.1 Å². The monoisotopic (exact) mass is 332 g/mol. The lowest BCUT2D eigenvalue weighted by Crippen LogP contribution is -2.48. The molecule has 21 heavy (non-hydrogen) atoms. The Kier molecular flexibility index (Phi) is 5.62. The third-order valence-electron chi connectivity index (χ3n) is 3.57. The summed E-state index contributed by atoms with van der Waals surface area (Å²) in [7, 11) is -3.19. The minimum Gasteiger partial charge on any atom is -0.387 e. The van der Waals surface area contributed by atoms with Crippen molar-refractivity contribution < 1.29 is 13.5 Å². The van der Waals surface area contributed by atoms with Gasteiger partial charge < -0.3 is 5.11 Å². The molecule has 1 saturated heterocycles. The van der Waals surface area contributed by atoms with Crippen LogP contribution in [0.15, 0.2) is 24.3 Å². The molecule has 2 unspecified atom stereocenters. The van der Waals surface area contributed by atoms with E-state index in [0.29, 0.717) is 18.1 Å². The summed E-state index contributed by atoms with van der Waals surface area (Å²) in [4.78, 5) is 2.09. The van der Waals surface area contributed by atoms with Crippen LogP contribution in [0.1, 0.15) is 24.5 Å². The number of likely N-dealkylation sites (tertiary alicyclic amines) is 1. The molecule has 5 nitrogen and oxygen atoms in total. The Morgan fingerprint density at radius 1 is 1.43 bits per heavy atom. The summed E-state index contributed by atoms with van der Waals surface area (Å²) in [5.41, 5.74) is 0.817. The van der Waals surface area contributed by atoms with Gasteiger partial charge in [-0.2, -0.15) is 0 Å². The van der Waals surface area contributed by atoms with Gasteiger partial charge in [-0.3, -0.25) is 4.90 Å². The Morgan fingerprint density at radius 2 is 2.10 bits per heavy atom. The quantitative estimate of drug-likeness (QED) is 0.855. The van der Waals surface area contributed by atoms with Gasteiger partial charge in [-0.15, -0.1) is 0 Å². The first-order valence-electron chi connectivity index (χ1n) is 6.97. The fourth-order valence-electron chi connectivity index (χ4n) is 2.66. The van der Waals surface area contributed by atoms with Crippen molar-refractivity contribution in [3.05, 3.63) is 34.9 Å². The molecule has 1 aromatic rings. The van der Waals surface area contributed by atoms with Gasteiger partial charge in [-0.05, 0) is 37.1 Å². The topological polar surface area (TPSA) is 69.6 Å². The number of halogens is 1. The van der Waals surface area contributed by atoms with Crippen molar-refractivity contribution >= 4 is 21.6 Å². The highest BCUT2D eigenvalue weighted by molar-refractivity contribution is 7.88. The van der Waals surface area contributed by atoms with E-state index in [0.717, 1.165) is 24.9 Å². The molecule has 0 spiro atoms. The molecule has 0 aliphatic carbocycles. The van der Waals surface area contributed by atoms with Crippen molar-refractivity contribution in [3.63, 3.8) is 0 Å². The Hall–Kier alpha value is -0.660. The number of nitrogens with one attached hydrogen (secondary N) is 1. The summed E-state index contributed by atoms with van der Waals surface area (Å²) in [5.74, 6) is 0. The molecule has 0 radical (unpaired) electrons. The van der Waals surface area contributed by atoms with Gasteiger partial charge in [0.15, 0.2) is 0 Å². The smallest absolute Gasteiger partial charge is 0.208 e. The van der Waals surface area contributed by atoms with Gasteiger partial charge in [0.25, 0.3) is 0 Å². The number of aliphatic hydroxyl groups is 1. The van der Waals surface area contributed by atoms with Crippen molar-refractivity contribution in [1.82, 2.24) is 9.62 Å². The number of hydrogen-bond acceptors (Lipinski definition) is 4. The SMILES string of the molecule is CS(=O)(=O)NC1CCCN(CC(O)c2ccc(Cl)cc2)C1. The van der Waals surface area contributed by atoms with E-state index >= 15 is 0 Å². The second-order valence-electron chi connectivity index (χ2n) is 5.56. The molecular formula is C14H21ClN2O3S. The first-order chi connectivity index (χ1) is 9.83. The molecule has 1 aliphatic rings. The zero-order valence-corrected chi connectivity index (χ0v) is 13.6. The van der Waals surface area contributed by atoms with Crippen LogP contribution in [0.25, 0.3) is 0 Å². The van der Waals surface area contributed by atoms with Crippen LogP contribution in [0.4, 0.5) is 0 Å². The highest BCUT2D eigenvalue weighted by atomic mass is 35.5. The van der Waals surface area contributed by atoms with E-state index in [1.807, 2.05) is 12.1 Å². The molecule has 0 aromatic heterocycles. The number of rotatable bonds is 5. The third-order valence-corrected chi connectivity index (χ3v) is 4.59. The van der Waals surface area contributed by atoms with Gasteiger partial charge in [0, 0.05) is 24.2 Å². The molecule has 1 aromatic carbocycles. The van der Waals surface area contributed by atoms with Crippen molar-refractivity contribution in [2.24, 2.45) is 0 Å². The molecule has 0 bridgehead atoms. The average molecular weight is 333 g/mol. The van der Waals surface area contributed by atoms with Gasteiger partial charge in [0.2, 0.25) is 10.0 Å². The largest absolute Gasteiger partial charge is 0.387 e. The zero-order valence-electron chi connectivity index (χ0n) is 12.0. The van der Waals surface area contributed by atoms with Crippen LogP contribution in [0.5, 0.6) is 0 Å². The van der Waals surface area contributed by atoms with E-state index in [-0.39, 0.29) is 6.04 Å². The molecule has 0 saturated carbocycles. The fourth-order valence-corrected chi connectivity index (χ4v) is 3.58. The minimum atomic E-state index is -3.19. The van der Waals surface area contributed by atoms with Crippen LogP contribution in [-0.2, 0) is 10.0 Å². The Morgan fingerprint density at radius 3 is 2.71 bits per heavy atom. The Balaban J connectivity index is 1.91. The molecule has 7 heteroatoms. The van der Waals surface area contributed by atoms with E-state index in [1.165, 1.54) is 6.26 Å². The zero-order chi connectivity index (χ0) is 15.5. The van der Waals surface area contributed by atoms with Gasteiger partial charge in [-0.1, -0.05) is 23.7 Å². The summed E-state index contributed by atoms with van der Waals surface area (Å²) >= 11 is 5.83. The summed E-state index contributed by atoms with van der Waals surface area (Å²) < 4.78 is 25.2. The molecule has 1 heterocycles. The molecule has 2 atom stereocenters. The van der Waals surface area contributed by atoms with Gasteiger partial charge >= 0.3 is 0 Å². The maximum atomic E-state index is 11.3. The van der Waals surface area contributed by atoms with E-state index in [2.05, 4.69) is 9.62 Å². The molecule has 118 valence electrons. The highest BCUT2D eigenvalue weighted by Gasteiger charge is 2.24. The second kappa shape index (κ2) is 7.07. The van der Waals surface area contributed by atoms with Crippen LogP contribution < -0.4 is 4.72 Å². The van der Waals surface area contributed by atoms with Crippen molar-refractivity contribution in [1.29, 1.82) is 0 Å². The van der Waals surface area contributed by atoms with Gasteiger partial charge in [-0.25, -0.2) is 13.1 Å². The number of aliphatic hydroxyl groups excluding tert-OH is 1. The average Bonchev–Trinajstić information content (AvgIpc) is 2.37. The van der Waals surface area contributed by atoms with E-state index in [1.54, 1.807) is 12.1 Å². The predicted octanol–water partition coefficient (Wildman–Crippen LogP) is 1.39. The third kappa shape index (κ3) is 5.56. The van der Waals surface area contributed by atoms with Gasteiger partial charge in [0.1, 0.15) is 0 Å². The molecule has 1 fully saturated rings. The summed E-state index contributed by atoms with van der Waals surface area (Å²) in [6, 6.07) is 7.05. The number of sulfonamides is 1. The number of piperidine rings is 1. The number of hydrogen-bond donors (Lipinski definition) is 2. The van der Waals surface area contributed by atoms with Crippen LogP contribution in [-0.4, -0.2) is 50.4 Å². The molecule has 2 rings (SSSR count).